The first-order valence-electron chi connectivity index (χ1n) is 9.47. The summed E-state index contributed by atoms with van der Waals surface area (Å²) >= 11 is 3.38. The third-order valence-corrected chi connectivity index (χ3v) is 7.28. The molecule has 2 aromatic carbocycles. The number of tetrazole rings is 1. The van der Waals surface area contributed by atoms with Gasteiger partial charge in [-0.2, -0.15) is 4.80 Å². The Balaban J connectivity index is 1.52. The molecule has 8 nitrogen and oxygen atoms in total. The maximum absolute atomic E-state index is 13.1. The van der Waals surface area contributed by atoms with Gasteiger partial charge in [0.2, 0.25) is 11.7 Å². The van der Waals surface area contributed by atoms with Crippen molar-refractivity contribution in [2.24, 2.45) is 0 Å². The van der Waals surface area contributed by atoms with Gasteiger partial charge >= 0.3 is 0 Å². The van der Waals surface area contributed by atoms with Crippen molar-refractivity contribution in [2.45, 2.75) is 25.6 Å². The fraction of sp³-hybridized carbons (Fsp3) is 0.300. The predicted molar refractivity (Wildman–Crippen MR) is 115 cm³/mol. The van der Waals surface area contributed by atoms with E-state index in [1.165, 1.54) is 4.80 Å². The van der Waals surface area contributed by atoms with E-state index in [2.05, 4.69) is 31.3 Å². The molecule has 0 aliphatic carbocycles. The Morgan fingerprint density at radius 1 is 1.13 bits per heavy atom. The number of amides is 1. The summed E-state index contributed by atoms with van der Waals surface area (Å²) in [7, 11) is -3.12. The normalized spacial score (nSPS) is 17.7. The van der Waals surface area contributed by atoms with Crippen molar-refractivity contribution in [2.75, 3.05) is 11.5 Å². The lowest BCUT2D eigenvalue weighted by molar-refractivity contribution is -0.134. The number of carbonyl (C=O) groups is 1. The van der Waals surface area contributed by atoms with Gasteiger partial charge in [-0.1, -0.05) is 46.3 Å². The van der Waals surface area contributed by atoms with Crippen molar-refractivity contribution in [3.8, 4) is 11.4 Å². The average molecular weight is 490 g/mol. The number of hydrogen-bond acceptors (Lipinski definition) is 6. The average Bonchev–Trinajstić information content (AvgIpc) is 3.33. The van der Waals surface area contributed by atoms with Crippen molar-refractivity contribution in [3.63, 3.8) is 0 Å². The van der Waals surface area contributed by atoms with Crippen LogP contribution in [-0.2, 0) is 27.7 Å². The zero-order chi connectivity index (χ0) is 21.1. The summed E-state index contributed by atoms with van der Waals surface area (Å²) in [6.45, 7) is 0.237. The molecule has 0 saturated carbocycles. The van der Waals surface area contributed by atoms with Gasteiger partial charge in [0.1, 0.15) is 6.54 Å². The van der Waals surface area contributed by atoms with Crippen LogP contribution in [0.2, 0.25) is 0 Å². The largest absolute Gasteiger partial charge is 0.333 e. The van der Waals surface area contributed by atoms with Crippen LogP contribution in [0.3, 0.4) is 0 Å². The maximum Gasteiger partial charge on any atom is 0.246 e. The molecule has 1 saturated heterocycles. The molecule has 1 aliphatic rings. The summed E-state index contributed by atoms with van der Waals surface area (Å²) in [5.74, 6) is 0.278. The monoisotopic (exact) mass is 489 g/mol. The molecule has 30 heavy (non-hydrogen) atoms. The highest BCUT2D eigenvalue weighted by atomic mass is 79.9. The van der Waals surface area contributed by atoms with Gasteiger partial charge in [0.25, 0.3) is 0 Å². The Morgan fingerprint density at radius 2 is 1.87 bits per heavy atom. The van der Waals surface area contributed by atoms with Crippen molar-refractivity contribution < 1.29 is 13.2 Å². The molecule has 1 aliphatic heterocycles. The van der Waals surface area contributed by atoms with Crippen LogP contribution in [0.15, 0.2) is 59.1 Å². The Kier molecular flexibility index (Phi) is 5.96. The van der Waals surface area contributed by atoms with Crippen LogP contribution < -0.4 is 0 Å². The summed E-state index contributed by atoms with van der Waals surface area (Å²) in [5.41, 5.74) is 1.73. The smallest absolute Gasteiger partial charge is 0.246 e. The zero-order valence-corrected chi connectivity index (χ0v) is 18.5. The Hall–Kier alpha value is -2.59. The molecule has 1 aromatic heterocycles. The van der Waals surface area contributed by atoms with Gasteiger partial charge in [0.15, 0.2) is 9.84 Å². The minimum Gasteiger partial charge on any atom is -0.333 e. The summed E-state index contributed by atoms with van der Waals surface area (Å²) in [4.78, 5) is 16.0. The molecule has 10 heteroatoms. The van der Waals surface area contributed by atoms with Crippen LogP contribution in [0.25, 0.3) is 11.4 Å². The number of hydrogen-bond donors (Lipinski definition) is 0. The topological polar surface area (TPSA) is 98.1 Å². The Morgan fingerprint density at radius 3 is 2.53 bits per heavy atom. The predicted octanol–water partition coefficient (Wildman–Crippen LogP) is 2.32. The van der Waals surface area contributed by atoms with Crippen molar-refractivity contribution in [1.29, 1.82) is 0 Å². The van der Waals surface area contributed by atoms with E-state index in [9.17, 15) is 13.2 Å². The molecule has 1 fully saturated rings. The molecule has 0 spiro atoms. The van der Waals surface area contributed by atoms with Crippen LogP contribution in [-0.4, -0.2) is 57.0 Å². The fourth-order valence-corrected chi connectivity index (χ4v) is 5.45. The molecule has 1 atom stereocenters. The van der Waals surface area contributed by atoms with E-state index in [-0.39, 0.29) is 30.0 Å². The van der Waals surface area contributed by atoms with Crippen molar-refractivity contribution >= 4 is 31.7 Å². The summed E-state index contributed by atoms with van der Waals surface area (Å²) in [6.07, 6.45) is 0.440. The SMILES string of the molecule is O=C(Cn1nnc(-c2ccc(Br)cc2)n1)N(Cc1ccccc1)C1CCS(=O)(=O)C1. The molecule has 156 valence electrons. The highest BCUT2D eigenvalue weighted by Crippen LogP contribution is 2.21. The molecule has 3 aromatic rings. The second kappa shape index (κ2) is 8.65. The quantitative estimate of drug-likeness (QED) is 0.526. The number of rotatable bonds is 6. The Bertz CT molecular complexity index is 1130. The molecule has 0 radical (unpaired) electrons. The van der Waals surface area contributed by atoms with Gasteiger partial charge in [0.05, 0.1) is 11.5 Å². The van der Waals surface area contributed by atoms with Crippen LogP contribution in [0.4, 0.5) is 0 Å². The molecule has 0 bridgehead atoms. The third-order valence-electron chi connectivity index (χ3n) is 5.00. The lowest BCUT2D eigenvalue weighted by Crippen LogP contribution is -2.42. The second-order valence-electron chi connectivity index (χ2n) is 7.21. The molecule has 4 rings (SSSR count). The minimum absolute atomic E-state index is 0.0134. The number of aromatic nitrogens is 4. The van der Waals surface area contributed by atoms with Gasteiger partial charge in [-0.25, -0.2) is 8.42 Å². The Labute approximate surface area is 182 Å². The highest BCUT2D eigenvalue weighted by Gasteiger charge is 2.35. The van der Waals surface area contributed by atoms with E-state index < -0.39 is 9.84 Å². The maximum atomic E-state index is 13.1. The summed E-state index contributed by atoms with van der Waals surface area (Å²) in [5, 5.41) is 12.3. The standard InChI is InChI=1S/C20H20BrN5O3S/c21-17-8-6-16(7-9-17)20-22-24-26(23-20)13-19(27)25(12-15-4-2-1-3-5-15)18-10-11-30(28,29)14-18/h1-9,18H,10-14H2. The van der Waals surface area contributed by atoms with Crippen molar-refractivity contribution in [1.82, 2.24) is 25.1 Å². The summed E-state index contributed by atoms with van der Waals surface area (Å²) < 4.78 is 24.9. The lowest BCUT2D eigenvalue weighted by atomic mass is 10.1. The van der Waals surface area contributed by atoms with E-state index in [0.29, 0.717) is 18.8 Å². The van der Waals surface area contributed by atoms with Crippen LogP contribution >= 0.6 is 15.9 Å². The molecule has 1 amide bonds. The number of benzene rings is 2. The molecule has 0 N–H and O–H groups in total. The van der Waals surface area contributed by atoms with Crippen molar-refractivity contribution in [3.05, 3.63) is 64.6 Å². The third kappa shape index (κ3) is 4.93. The first-order valence-corrected chi connectivity index (χ1v) is 12.1. The first-order chi connectivity index (χ1) is 14.4. The van der Waals surface area contributed by atoms with Gasteiger partial charge < -0.3 is 4.90 Å². The van der Waals surface area contributed by atoms with Gasteiger partial charge in [-0.15, -0.1) is 10.2 Å². The summed E-state index contributed by atoms with van der Waals surface area (Å²) in [6, 6.07) is 16.7. The van der Waals surface area contributed by atoms with E-state index in [0.717, 1.165) is 15.6 Å². The van der Waals surface area contributed by atoms with Crippen LogP contribution in [0, 0.1) is 0 Å². The number of halogens is 1. The number of sulfone groups is 1. The molecular weight excluding hydrogens is 470 g/mol. The van der Waals surface area contributed by atoms with Crippen LogP contribution in [0.5, 0.6) is 0 Å². The van der Waals surface area contributed by atoms with Gasteiger partial charge in [-0.3, -0.25) is 4.79 Å². The molecule has 2 heterocycles. The van der Waals surface area contributed by atoms with E-state index in [1.54, 1.807) is 4.90 Å². The minimum atomic E-state index is -3.12. The fourth-order valence-electron chi connectivity index (χ4n) is 3.46. The van der Waals surface area contributed by atoms with E-state index in [4.69, 9.17) is 0 Å². The number of nitrogens with zero attached hydrogens (tertiary/aromatic N) is 5. The molecule has 1 unspecified atom stereocenters. The van der Waals surface area contributed by atoms with Gasteiger partial charge in [0, 0.05) is 22.6 Å². The first kappa shape index (κ1) is 20.7. The lowest BCUT2D eigenvalue weighted by Gasteiger charge is -2.28. The second-order valence-corrected chi connectivity index (χ2v) is 10.4. The van der Waals surface area contributed by atoms with E-state index >= 15 is 0 Å². The van der Waals surface area contributed by atoms with Gasteiger partial charge in [-0.05, 0) is 41.5 Å². The molecular formula is C20H20BrN5O3S. The van der Waals surface area contributed by atoms with E-state index in [1.807, 2.05) is 54.6 Å². The number of carbonyl (C=O) groups excluding carboxylic acids is 1. The highest BCUT2D eigenvalue weighted by molar-refractivity contribution is 9.10. The zero-order valence-electron chi connectivity index (χ0n) is 16.1. The van der Waals surface area contributed by atoms with Crippen LogP contribution in [0.1, 0.15) is 12.0 Å².